The van der Waals surface area contributed by atoms with Crippen molar-refractivity contribution in [1.82, 2.24) is 19.7 Å². The van der Waals surface area contributed by atoms with Gasteiger partial charge in [-0.2, -0.15) is 0 Å². The van der Waals surface area contributed by atoms with Crippen molar-refractivity contribution in [3.63, 3.8) is 0 Å². The fourth-order valence-corrected chi connectivity index (χ4v) is 5.19. The fraction of sp³-hybridized carbons (Fsp3) is 0.375. The van der Waals surface area contributed by atoms with Crippen LogP contribution in [0.15, 0.2) is 53.7 Å². The predicted molar refractivity (Wildman–Crippen MR) is 127 cm³/mol. The molecule has 172 valence electrons. The Labute approximate surface area is 197 Å². The molecule has 2 aliphatic heterocycles. The van der Waals surface area contributed by atoms with Gasteiger partial charge in [-0.25, -0.2) is 0 Å². The number of aromatic nitrogens is 3. The second kappa shape index (κ2) is 9.84. The van der Waals surface area contributed by atoms with Gasteiger partial charge in [-0.05, 0) is 37.1 Å². The van der Waals surface area contributed by atoms with E-state index in [2.05, 4.69) is 49.2 Å². The molecule has 0 spiro atoms. The molecule has 3 heterocycles. The number of carbonyl (C=O) groups excluding carboxylic acids is 1. The first-order chi connectivity index (χ1) is 16.2. The molecule has 8 nitrogen and oxygen atoms in total. The van der Waals surface area contributed by atoms with Crippen LogP contribution in [-0.4, -0.2) is 52.0 Å². The molecule has 0 bridgehead atoms. The Hall–Kier alpha value is -3.04. The lowest BCUT2D eigenvalue weighted by Crippen LogP contribution is -2.40. The molecule has 1 saturated heterocycles. The molecule has 0 aliphatic carbocycles. The second-order valence-corrected chi connectivity index (χ2v) is 9.31. The van der Waals surface area contributed by atoms with E-state index in [0.717, 1.165) is 42.7 Å². The minimum atomic E-state index is -0.0356. The third kappa shape index (κ3) is 5.15. The van der Waals surface area contributed by atoms with Crippen LogP contribution in [0.1, 0.15) is 30.1 Å². The summed E-state index contributed by atoms with van der Waals surface area (Å²) >= 11 is 1.70. The highest BCUT2D eigenvalue weighted by molar-refractivity contribution is 7.98. The average Bonchev–Trinajstić information content (AvgIpc) is 3.44. The van der Waals surface area contributed by atoms with E-state index in [0.29, 0.717) is 23.7 Å². The summed E-state index contributed by atoms with van der Waals surface area (Å²) in [5.41, 5.74) is 1.98. The molecule has 0 saturated carbocycles. The number of fused-ring (bicyclic) bond motifs is 1. The molecule has 5 rings (SSSR count). The maximum absolute atomic E-state index is 12.7. The number of nitrogens with zero attached hydrogens (tertiary/aromatic N) is 4. The number of thioether (sulfide) groups is 1. The third-order valence-corrected chi connectivity index (χ3v) is 7.06. The van der Waals surface area contributed by atoms with Gasteiger partial charge in [-0.1, -0.05) is 42.1 Å². The number of likely N-dealkylation sites (tertiary alicyclic amines) is 1. The van der Waals surface area contributed by atoms with E-state index in [1.807, 2.05) is 25.2 Å². The monoisotopic (exact) mass is 465 g/mol. The molecule has 1 amide bonds. The van der Waals surface area contributed by atoms with Gasteiger partial charge in [0.05, 0.1) is 6.54 Å². The molecule has 9 heteroatoms. The Morgan fingerprint density at radius 3 is 2.88 bits per heavy atom. The third-order valence-electron chi connectivity index (χ3n) is 5.97. The summed E-state index contributed by atoms with van der Waals surface area (Å²) < 4.78 is 12.8. The maximum Gasteiger partial charge on any atom is 0.238 e. The first-order valence-electron chi connectivity index (χ1n) is 11.1. The van der Waals surface area contributed by atoms with Gasteiger partial charge in [0.25, 0.3) is 0 Å². The maximum atomic E-state index is 12.7. The molecule has 1 fully saturated rings. The van der Waals surface area contributed by atoms with E-state index in [1.165, 1.54) is 5.56 Å². The normalized spacial score (nSPS) is 17.8. The van der Waals surface area contributed by atoms with E-state index in [4.69, 9.17) is 9.47 Å². The van der Waals surface area contributed by atoms with Crippen LogP contribution >= 0.6 is 11.8 Å². The summed E-state index contributed by atoms with van der Waals surface area (Å²) in [5, 5.41) is 12.8. The molecule has 3 aromatic rings. The highest BCUT2D eigenvalue weighted by atomic mass is 32.2. The first kappa shape index (κ1) is 21.8. The van der Waals surface area contributed by atoms with E-state index >= 15 is 0 Å². The molecular weight excluding hydrogens is 438 g/mol. The smallest absolute Gasteiger partial charge is 0.238 e. The van der Waals surface area contributed by atoms with Crippen LogP contribution in [0.5, 0.6) is 11.5 Å². The quantitative estimate of drug-likeness (QED) is 0.534. The van der Waals surface area contributed by atoms with Crippen molar-refractivity contribution in [2.75, 3.05) is 31.7 Å². The van der Waals surface area contributed by atoms with E-state index < -0.39 is 0 Å². The SMILES string of the molecule is Cn1c(SCc2ccccc2)nnc1[C@@H]1CCCN(CC(=O)Nc2ccc3c(c2)OCO3)C1. The zero-order chi connectivity index (χ0) is 22.6. The van der Waals surface area contributed by atoms with Crippen molar-refractivity contribution in [1.29, 1.82) is 0 Å². The number of ether oxygens (including phenoxy) is 2. The van der Waals surface area contributed by atoms with Crippen molar-refractivity contribution < 1.29 is 14.3 Å². The van der Waals surface area contributed by atoms with E-state index in [-0.39, 0.29) is 18.6 Å². The number of anilines is 1. The van der Waals surface area contributed by atoms with Crippen LogP contribution in [0, 0.1) is 0 Å². The standard InChI is InChI=1S/C24H27N5O3S/c1-28-23(26-27-24(28)33-15-17-6-3-2-4-7-17)18-8-5-11-29(13-18)14-22(30)25-19-9-10-20-21(12-19)32-16-31-20/h2-4,6-7,9-10,12,18H,5,8,11,13-16H2,1H3,(H,25,30)/t18-/m1/s1. The number of hydrogen-bond acceptors (Lipinski definition) is 7. The highest BCUT2D eigenvalue weighted by Crippen LogP contribution is 2.34. The fourth-order valence-electron chi connectivity index (χ4n) is 4.32. The zero-order valence-corrected chi connectivity index (χ0v) is 19.4. The Kier molecular flexibility index (Phi) is 6.50. The lowest BCUT2D eigenvalue weighted by atomic mass is 9.97. The van der Waals surface area contributed by atoms with Gasteiger partial charge < -0.3 is 19.4 Å². The van der Waals surface area contributed by atoms with Gasteiger partial charge >= 0.3 is 0 Å². The van der Waals surface area contributed by atoms with Gasteiger partial charge in [0.1, 0.15) is 5.82 Å². The summed E-state index contributed by atoms with van der Waals surface area (Å²) in [6.45, 7) is 2.26. The van der Waals surface area contributed by atoms with Gasteiger partial charge in [0.15, 0.2) is 16.7 Å². The molecule has 2 aromatic carbocycles. The number of carbonyl (C=O) groups is 1. The first-order valence-corrected chi connectivity index (χ1v) is 12.1. The largest absolute Gasteiger partial charge is 0.454 e. The topological polar surface area (TPSA) is 81.5 Å². The summed E-state index contributed by atoms with van der Waals surface area (Å²) in [6.07, 6.45) is 2.08. The summed E-state index contributed by atoms with van der Waals surface area (Å²) in [4.78, 5) is 14.9. The number of nitrogens with one attached hydrogen (secondary N) is 1. The molecule has 0 unspecified atom stereocenters. The molecule has 33 heavy (non-hydrogen) atoms. The number of hydrogen-bond donors (Lipinski definition) is 1. The van der Waals surface area contributed by atoms with Crippen molar-refractivity contribution in [3.8, 4) is 11.5 Å². The van der Waals surface area contributed by atoms with Crippen LogP contribution in [0.2, 0.25) is 0 Å². The Morgan fingerprint density at radius 2 is 2.00 bits per heavy atom. The van der Waals surface area contributed by atoms with Crippen LogP contribution in [0.25, 0.3) is 0 Å². The minimum absolute atomic E-state index is 0.0356. The lowest BCUT2D eigenvalue weighted by Gasteiger charge is -2.31. The van der Waals surface area contributed by atoms with Gasteiger partial charge in [-0.15, -0.1) is 10.2 Å². The summed E-state index contributed by atoms with van der Waals surface area (Å²) in [7, 11) is 2.04. The average molecular weight is 466 g/mol. The van der Waals surface area contributed by atoms with E-state index in [1.54, 1.807) is 17.8 Å². The van der Waals surface area contributed by atoms with Crippen LogP contribution in [0.3, 0.4) is 0 Å². The molecule has 1 aromatic heterocycles. The van der Waals surface area contributed by atoms with Gasteiger partial charge in [0.2, 0.25) is 12.7 Å². The van der Waals surface area contributed by atoms with Crippen LogP contribution < -0.4 is 14.8 Å². The van der Waals surface area contributed by atoms with Crippen molar-refractivity contribution >= 4 is 23.4 Å². The van der Waals surface area contributed by atoms with Crippen LogP contribution in [0.4, 0.5) is 5.69 Å². The van der Waals surface area contributed by atoms with Crippen molar-refractivity contribution in [2.24, 2.45) is 7.05 Å². The highest BCUT2D eigenvalue weighted by Gasteiger charge is 2.27. The van der Waals surface area contributed by atoms with Crippen molar-refractivity contribution in [3.05, 3.63) is 59.9 Å². The Bertz CT molecular complexity index is 1120. The van der Waals surface area contributed by atoms with Gasteiger partial charge in [0, 0.05) is 37.0 Å². The molecule has 0 radical (unpaired) electrons. The predicted octanol–water partition coefficient (Wildman–Crippen LogP) is 3.65. The molecular formula is C24H27N5O3S. The minimum Gasteiger partial charge on any atom is -0.454 e. The Morgan fingerprint density at radius 1 is 1.15 bits per heavy atom. The second-order valence-electron chi connectivity index (χ2n) is 8.36. The number of piperidine rings is 1. The molecule has 1 N–H and O–H groups in total. The molecule has 2 aliphatic rings. The summed E-state index contributed by atoms with van der Waals surface area (Å²) in [5.74, 6) is 3.45. The van der Waals surface area contributed by atoms with E-state index in [9.17, 15) is 4.79 Å². The Balaban J connectivity index is 1.17. The molecule has 1 atom stereocenters. The van der Waals surface area contributed by atoms with Crippen LogP contribution in [-0.2, 0) is 17.6 Å². The number of amides is 1. The van der Waals surface area contributed by atoms with Crippen molar-refractivity contribution in [2.45, 2.75) is 29.7 Å². The summed E-state index contributed by atoms with van der Waals surface area (Å²) in [6, 6.07) is 15.8. The van der Waals surface area contributed by atoms with Gasteiger partial charge in [-0.3, -0.25) is 9.69 Å². The zero-order valence-electron chi connectivity index (χ0n) is 18.6. The lowest BCUT2D eigenvalue weighted by molar-refractivity contribution is -0.117. The number of benzene rings is 2. The number of rotatable bonds is 7.